The van der Waals surface area contributed by atoms with Gasteiger partial charge in [0.05, 0.1) is 0 Å². The monoisotopic (exact) mass is 252 g/mol. The number of hydrogen-bond acceptors (Lipinski definition) is 5. The van der Waals surface area contributed by atoms with Crippen LogP contribution in [0.1, 0.15) is 26.2 Å². The summed E-state index contributed by atoms with van der Waals surface area (Å²) in [5.74, 6) is 2.79. The van der Waals surface area contributed by atoms with Crippen LogP contribution in [0.4, 0.5) is 11.6 Å². The molecule has 0 spiro atoms. The van der Waals surface area contributed by atoms with Gasteiger partial charge in [0, 0.05) is 19.2 Å². The first-order valence-corrected chi connectivity index (χ1v) is 7.45. The number of nitrogens with zero attached hydrogens (tertiary/aromatic N) is 2. The first-order valence-electron chi connectivity index (χ1n) is 6.22. The fourth-order valence-corrected chi connectivity index (χ4v) is 2.07. The van der Waals surface area contributed by atoms with Gasteiger partial charge in [0.15, 0.2) is 5.16 Å². The van der Waals surface area contributed by atoms with Gasteiger partial charge in [-0.1, -0.05) is 24.6 Å². The summed E-state index contributed by atoms with van der Waals surface area (Å²) in [6.45, 7) is 3.97. The maximum Gasteiger partial charge on any atom is 0.191 e. The highest BCUT2D eigenvalue weighted by molar-refractivity contribution is 7.98. The van der Waals surface area contributed by atoms with Crippen LogP contribution >= 0.6 is 11.8 Å². The molecule has 0 radical (unpaired) electrons. The number of rotatable bonds is 7. The zero-order valence-electron chi connectivity index (χ0n) is 10.5. The molecule has 2 N–H and O–H groups in total. The van der Waals surface area contributed by atoms with Crippen molar-refractivity contribution in [2.45, 2.75) is 31.3 Å². The Morgan fingerprint density at radius 2 is 2.00 bits per heavy atom. The molecular weight excluding hydrogens is 232 g/mol. The van der Waals surface area contributed by atoms with Crippen LogP contribution in [0.25, 0.3) is 0 Å². The molecule has 1 aromatic rings. The molecular formula is C12H20N4S. The first kappa shape index (κ1) is 12.5. The van der Waals surface area contributed by atoms with Gasteiger partial charge in [-0.05, 0) is 25.5 Å². The van der Waals surface area contributed by atoms with Gasteiger partial charge in [0.25, 0.3) is 0 Å². The number of thioether (sulfide) groups is 1. The lowest BCUT2D eigenvalue weighted by Gasteiger charge is -2.09. The second kappa shape index (κ2) is 6.10. The van der Waals surface area contributed by atoms with Gasteiger partial charge in [0.1, 0.15) is 11.6 Å². The van der Waals surface area contributed by atoms with Crippen LogP contribution in [0, 0.1) is 5.92 Å². The van der Waals surface area contributed by atoms with Crippen molar-refractivity contribution >= 4 is 23.4 Å². The second-order valence-corrected chi connectivity index (χ2v) is 5.09. The van der Waals surface area contributed by atoms with Crippen LogP contribution in [-0.2, 0) is 0 Å². The van der Waals surface area contributed by atoms with E-state index in [0.29, 0.717) is 0 Å². The van der Waals surface area contributed by atoms with E-state index in [1.807, 2.05) is 12.3 Å². The summed E-state index contributed by atoms with van der Waals surface area (Å²) in [7, 11) is 0. The smallest absolute Gasteiger partial charge is 0.191 e. The minimum atomic E-state index is 0.817. The van der Waals surface area contributed by atoms with E-state index >= 15 is 0 Å². The summed E-state index contributed by atoms with van der Waals surface area (Å²) in [4.78, 5) is 8.85. The molecule has 0 aliphatic heterocycles. The highest BCUT2D eigenvalue weighted by Crippen LogP contribution is 2.32. The molecule has 0 atom stereocenters. The Morgan fingerprint density at radius 1 is 1.29 bits per heavy atom. The molecule has 1 aliphatic rings. The SMILES string of the molecule is CCNc1cc(NCCC2CC2)nc(SC)n1. The quantitative estimate of drug-likeness (QED) is 0.577. The van der Waals surface area contributed by atoms with E-state index < -0.39 is 0 Å². The van der Waals surface area contributed by atoms with Crippen molar-refractivity contribution in [3.63, 3.8) is 0 Å². The van der Waals surface area contributed by atoms with Crippen LogP contribution in [0.15, 0.2) is 11.2 Å². The van der Waals surface area contributed by atoms with E-state index in [4.69, 9.17) is 0 Å². The van der Waals surface area contributed by atoms with E-state index in [1.54, 1.807) is 11.8 Å². The Bertz CT molecular complexity index is 366. The lowest BCUT2D eigenvalue weighted by Crippen LogP contribution is -2.07. The van der Waals surface area contributed by atoms with E-state index in [0.717, 1.165) is 35.8 Å². The van der Waals surface area contributed by atoms with Crippen LogP contribution in [0.2, 0.25) is 0 Å². The molecule has 1 aliphatic carbocycles. The summed E-state index contributed by atoms with van der Waals surface area (Å²) >= 11 is 1.57. The molecule has 1 heterocycles. The van der Waals surface area contributed by atoms with Gasteiger partial charge < -0.3 is 10.6 Å². The van der Waals surface area contributed by atoms with Crippen molar-refractivity contribution in [1.29, 1.82) is 0 Å². The Kier molecular flexibility index (Phi) is 4.48. The van der Waals surface area contributed by atoms with Gasteiger partial charge in [0.2, 0.25) is 0 Å². The van der Waals surface area contributed by atoms with Gasteiger partial charge >= 0.3 is 0 Å². The Hall–Kier alpha value is -0.970. The molecule has 5 heteroatoms. The molecule has 4 nitrogen and oxygen atoms in total. The van der Waals surface area contributed by atoms with Crippen molar-refractivity contribution in [3.05, 3.63) is 6.07 Å². The summed E-state index contributed by atoms with van der Waals surface area (Å²) in [6, 6.07) is 1.98. The molecule has 0 bridgehead atoms. The van der Waals surface area contributed by atoms with Gasteiger partial charge in [-0.3, -0.25) is 0 Å². The zero-order valence-corrected chi connectivity index (χ0v) is 11.3. The standard InChI is InChI=1S/C12H20N4S/c1-3-13-10-8-11(16-12(15-10)17-2)14-7-6-9-4-5-9/h8-9H,3-7H2,1-2H3,(H2,13,14,15,16). The van der Waals surface area contributed by atoms with Gasteiger partial charge in [-0.15, -0.1) is 0 Å². The summed E-state index contributed by atoms with van der Waals surface area (Å²) in [6.07, 6.45) is 6.07. The maximum absolute atomic E-state index is 4.45. The molecule has 0 unspecified atom stereocenters. The van der Waals surface area contributed by atoms with E-state index in [9.17, 15) is 0 Å². The normalized spacial score (nSPS) is 14.7. The van der Waals surface area contributed by atoms with Gasteiger partial charge in [-0.25, -0.2) is 9.97 Å². The highest BCUT2D eigenvalue weighted by atomic mass is 32.2. The number of hydrogen-bond donors (Lipinski definition) is 2. The lowest BCUT2D eigenvalue weighted by molar-refractivity contribution is 0.756. The van der Waals surface area contributed by atoms with Crippen molar-refractivity contribution in [2.75, 3.05) is 30.0 Å². The molecule has 17 heavy (non-hydrogen) atoms. The van der Waals surface area contributed by atoms with Crippen LogP contribution < -0.4 is 10.6 Å². The number of anilines is 2. The minimum absolute atomic E-state index is 0.817. The Morgan fingerprint density at radius 3 is 2.59 bits per heavy atom. The molecule has 0 amide bonds. The van der Waals surface area contributed by atoms with E-state index in [-0.39, 0.29) is 0 Å². The molecule has 1 aromatic heterocycles. The Labute approximate surface area is 107 Å². The summed E-state index contributed by atoms with van der Waals surface area (Å²) < 4.78 is 0. The third-order valence-electron chi connectivity index (χ3n) is 2.80. The fraction of sp³-hybridized carbons (Fsp3) is 0.667. The molecule has 94 valence electrons. The van der Waals surface area contributed by atoms with Crippen LogP contribution in [0.3, 0.4) is 0 Å². The van der Waals surface area contributed by atoms with Gasteiger partial charge in [-0.2, -0.15) is 0 Å². The molecule has 0 aromatic carbocycles. The number of nitrogens with one attached hydrogen (secondary N) is 2. The molecule has 0 saturated heterocycles. The molecule has 1 saturated carbocycles. The van der Waals surface area contributed by atoms with Crippen LogP contribution in [0.5, 0.6) is 0 Å². The third-order valence-corrected chi connectivity index (χ3v) is 3.35. The first-order chi connectivity index (χ1) is 8.31. The van der Waals surface area contributed by atoms with Crippen molar-refractivity contribution in [2.24, 2.45) is 5.92 Å². The zero-order chi connectivity index (χ0) is 12.1. The van der Waals surface area contributed by atoms with Crippen LogP contribution in [-0.4, -0.2) is 29.3 Å². The summed E-state index contributed by atoms with van der Waals surface area (Å²) in [5, 5.41) is 7.43. The van der Waals surface area contributed by atoms with E-state index in [2.05, 4.69) is 27.5 Å². The lowest BCUT2D eigenvalue weighted by atomic mass is 10.3. The van der Waals surface area contributed by atoms with Crippen molar-refractivity contribution in [1.82, 2.24) is 9.97 Å². The maximum atomic E-state index is 4.45. The minimum Gasteiger partial charge on any atom is -0.370 e. The highest BCUT2D eigenvalue weighted by Gasteiger charge is 2.20. The molecule has 1 fully saturated rings. The second-order valence-electron chi connectivity index (χ2n) is 4.31. The van der Waals surface area contributed by atoms with Crippen molar-refractivity contribution in [3.8, 4) is 0 Å². The molecule has 2 rings (SSSR count). The third kappa shape index (κ3) is 4.07. The van der Waals surface area contributed by atoms with Crippen molar-refractivity contribution < 1.29 is 0 Å². The average Bonchev–Trinajstić information content (AvgIpc) is 3.13. The largest absolute Gasteiger partial charge is 0.370 e. The predicted octanol–water partition coefficient (Wildman–Crippen LogP) is 2.84. The Balaban J connectivity index is 1.94. The predicted molar refractivity (Wildman–Crippen MR) is 73.8 cm³/mol. The topological polar surface area (TPSA) is 49.8 Å². The fourth-order valence-electron chi connectivity index (χ4n) is 1.69. The summed E-state index contributed by atoms with van der Waals surface area (Å²) in [5.41, 5.74) is 0. The average molecular weight is 252 g/mol. The number of aromatic nitrogens is 2. The van der Waals surface area contributed by atoms with E-state index in [1.165, 1.54) is 19.3 Å².